The fourth-order valence-corrected chi connectivity index (χ4v) is 3.82. The van der Waals surface area contributed by atoms with E-state index in [1.54, 1.807) is 30.5 Å². The van der Waals surface area contributed by atoms with E-state index in [1.165, 1.54) is 18.0 Å². The smallest absolute Gasteiger partial charge is 0.240 e. The van der Waals surface area contributed by atoms with Crippen molar-refractivity contribution in [1.29, 1.82) is 0 Å². The molecule has 2 aromatic carbocycles. The number of hydrogen-bond acceptors (Lipinski definition) is 6. The van der Waals surface area contributed by atoms with Gasteiger partial charge in [-0.1, -0.05) is 36.4 Å². The number of phenolic OH excluding ortho intramolecular Hbond substituents is 1. The molecule has 2 heterocycles. The van der Waals surface area contributed by atoms with Gasteiger partial charge in [-0.3, -0.25) is 9.78 Å². The van der Waals surface area contributed by atoms with E-state index in [0.29, 0.717) is 17.3 Å². The third-order valence-corrected chi connectivity index (χ3v) is 5.37. The molecule has 0 unspecified atom stereocenters. The van der Waals surface area contributed by atoms with Crippen molar-refractivity contribution in [2.24, 2.45) is 5.10 Å². The second kappa shape index (κ2) is 9.28. The molecular formula is C23H19N3O3S. The van der Waals surface area contributed by atoms with E-state index in [-0.39, 0.29) is 18.1 Å². The predicted octanol–water partition coefficient (Wildman–Crippen LogP) is 4.77. The molecule has 4 rings (SSSR count). The zero-order valence-corrected chi connectivity index (χ0v) is 16.8. The lowest BCUT2D eigenvalue weighted by Crippen LogP contribution is -2.17. The van der Waals surface area contributed by atoms with Gasteiger partial charge >= 0.3 is 0 Å². The second-order valence-corrected chi connectivity index (χ2v) is 7.56. The first-order valence-electron chi connectivity index (χ1n) is 9.39. The topological polar surface area (TPSA) is 87.7 Å². The summed E-state index contributed by atoms with van der Waals surface area (Å²) in [4.78, 5) is 17.4. The monoisotopic (exact) mass is 417 g/mol. The minimum Gasteiger partial charge on any atom is -0.508 e. The molecule has 0 saturated carbocycles. The first-order valence-corrected chi connectivity index (χ1v) is 10.2. The summed E-state index contributed by atoms with van der Waals surface area (Å²) < 4.78 is 5.76. The Morgan fingerprint density at radius 1 is 1.10 bits per heavy atom. The number of aromatic nitrogens is 1. The summed E-state index contributed by atoms with van der Waals surface area (Å²) in [5, 5.41) is 15.5. The van der Waals surface area contributed by atoms with Crippen LogP contribution in [-0.4, -0.2) is 22.2 Å². The number of hydrogen-bond donors (Lipinski definition) is 2. The van der Waals surface area contributed by atoms with Gasteiger partial charge in [0.2, 0.25) is 5.91 Å². The first-order chi connectivity index (χ1) is 14.7. The van der Waals surface area contributed by atoms with Crippen molar-refractivity contribution in [2.75, 3.05) is 0 Å². The van der Waals surface area contributed by atoms with Crippen molar-refractivity contribution >= 4 is 34.8 Å². The maximum atomic E-state index is 11.9. The number of hydrazone groups is 1. The van der Waals surface area contributed by atoms with Gasteiger partial charge in [0.1, 0.15) is 11.5 Å². The van der Waals surface area contributed by atoms with E-state index in [9.17, 15) is 9.90 Å². The molecule has 4 aromatic rings. The number of amides is 1. The fraction of sp³-hybridized carbons (Fsp3) is 0.0870. The molecule has 2 N–H and O–H groups in total. The van der Waals surface area contributed by atoms with E-state index in [4.69, 9.17) is 4.42 Å². The van der Waals surface area contributed by atoms with E-state index < -0.39 is 0 Å². The number of furan rings is 1. The van der Waals surface area contributed by atoms with E-state index in [1.807, 2.05) is 42.5 Å². The van der Waals surface area contributed by atoms with Gasteiger partial charge in [-0.05, 0) is 54.1 Å². The van der Waals surface area contributed by atoms with Crippen LogP contribution in [0.25, 0.3) is 10.9 Å². The summed E-state index contributed by atoms with van der Waals surface area (Å²) in [6.07, 6.45) is 3.90. The van der Waals surface area contributed by atoms with Gasteiger partial charge in [0, 0.05) is 22.9 Å². The molecule has 0 fully saturated rings. The highest BCUT2D eigenvalue weighted by atomic mass is 32.2. The molecule has 0 atom stereocenters. The molecule has 0 aliphatic rings. The number of pyridine rings is 1. The highest BCUT2D eigenvalue weighted by Gasteiger charge is 2.08. The number of phenols is 1. The Labute approximate surface area is 177 Å². The quantitative estimate of drug-likeness (QED) is 0.334. The van der Waals surface area contributed by atoms with Crippen molar-refractivity contribution in [3.63, 3.8) is 0 Å². The number of para-hydroxylation sites is 2. The molecular weight excluding hydrogens is 398 g/mol. The summed E-state index contributed by atoms with van der Waals surface area (Å²) in [6, 6.07) is 20.6. The van der Waals surface area contributed by atoms with Crippen LogP contribution in [0.5, 0.6) is 5.75 Å². The molecule has 0 aliphatic carbocycles. The Bertz CT molecular complexity index is 1200. The van der Waals surface area contributed by atoms with Gasteiger partial charge in [0.15, 0.2) is 5.09 Å². The molecule has 30 heavy (non-hydrogen) atoms. The van der Waals surface area contributed by atoms with E-state index in [2.05, 4.69) is 15.5 Å². The SMILES string of the molecule is O=C(CCc1ccccc1O)N/N=C/c1ccc(Sc2cccc3cccnc23)o1. The third-order valence-electron chi connectivity index (χ3n) is 4.40. The molecule has 0 radical (unpaired) electrons. The minimum absolute atomic E-state index is 0.191. The second-order valence-electron chi connectivity index (χ2n) is 6.51. The molecule has 0 aliphatic heterocycles. The van der Waals surface area contributed by atoms with Gasteiger partial charge in [0.25, 0.3) is 0 Å². The molecule has 0 spiro atoms. The number of fused-ring (bicyclic) bond motifs is 1. The number of rotatable bonds is 7. The fourth-order valence-electron chi connectivity index (χ4n) is 2.92. The standard InChI is InChI=1S/C23H19N3O3S/c27-19-8-2-1-5-16(19)10-12-21(28)26-25-15-18-11-13-22(29-18)30-20-9-3-6-17-7-4-14-24-23(17)20/h1-9,11,13-15,27H,10,12H2,(H,26,28)/b25-15+. The van der Waals surface area contributed by atoms with E-state index in [0.717, 1.165) is 21.4 Å². The van der Waals surface area contributed by atoms with E-state index >= 15 is 0 Å². The number of aromatic hydroxyl groups is 1. The average molecular weight is 417 g/mol. The van der Waals surface area contributed by atoms with Crippen LogP contribution in [0.4, 0.5) is 0 Å². The number of aryl methyl sites for hydroxylation is 1. The highest BCUT2D eigenvalue weighted by Crippen LogP contribution is 2.33. The van der Waals surface area contributed by atoms with Crippen LogP contribution in [0, 0.1) is 0 Å². The molecule has 2 aromatic heterocycles. The maximum absolute atomic E-state index is 11.9. The summed E-state index contributed by atoms with van der Waals surface area (Å²) in [5.74, 6) is 0.486. The molecule has 6 nitrogen and oxygen atoms in total. The lowest BCUT2D eigenvalue weighted by Gasteiger charge is -2.03. The van der Waals surface area contributed by atoms with Crippen LogP contribution in [0.2, 0.25) is 0 Å². The Balaban J connectivity index is 1.32. The Morgan fingerprint density at radius 3 is 2.87 bits per heavy atom. The van der Waals surface area contributed by atoms with Crippen molar-refractivity contribution in [1.82, 2.24) is 10.4 Å². The van der Waals surface area contributed by atoms with Crippen LogP contribution in [0.1, 0.15) is 17.7 Å². The number of carbonyl (C=O) groups is 1. The number of nitrogens with zero attached hydrogens (tertiary/aromatic N) is 2. The van der Waals surface area contributed by atoms with Crippen LogP contribution in [-0.2, 0) is 11.2 Å². The first kappa shape index (κ1) is 19.7. The normalized spacial score (nSPS) is 11.2. The lowest BCUT2D eigenvalue weighted by atomic mass is 10.1. The number of nitrogens with one attached hydrogen (secondary N) is 1. The summed E-state index contributed by atoms with van der Waals surface area (Å²) in [5.41, 5.74) is 4.13. The molecule has 1 amide bonds. The summed E-state index contributed by atoms with van der Waals surface area (Å²) in [7, 11) is 0. The van der Waals surface area contributed by atoms with Crippen LogP contribution >= 0.6 is 11.8 Å². The average Bonchev–Trinajstić information content (AvgIpc) is 3.21. The lowest BCUT2D eigenvalue weighted by molar-refractivity contribution is -0.121. The van der Waals surface area contributed by atoms with Crippen LogP contribution in [0.15, 0.2) is 92.4 Å². The van der Waals surface area contributed by atoms with Crippen molar-refractivity contribution in [2.45, 2.75) is 22.8 Å². The Hall–Kier alpha value is -3.58. The molecule has 150 valence electrons. The zero-order chi connectivity index (χ0) is 20.8. The van der Waals surface area contributed by atoms with Gasteiger partial charge < -0.3 is 9.52 Å². The largest absolute Gasteiger partial charge is 0.508 e. The van der Waals surface area contributed by atoms with Gasteiger partial charge in [-0.25, -0.2) is 5.43 Å². The predicted molar refractivity (Wildman–Crippen MR) is 117 cm³/mol. The minimum atomic E-state index is -0.238. The Kier molecular flexibility index (Phi) is 6.10. The van der Waals surface area contributed by atoms with Gasteiger partial charge in [-0.15, -0.1) is 0 Å². The van der Waals surface area contributed by atoms with Crippen molar-refractivity contribution in [3.8, 4) is 5.75 Å². The highest BCUT2D eigenvalue weighted by molar-refractivity contribution is 7.99. The molecule has 0 saturated heterocycles. The third kappa shape index (κ3) is 4.87. The van der Waals surface area contributed by atoms with Crippen molar-refractivity contribution < 1.29 is 14.3 Å². The van der Waals surface area contributed by atoms with Crippen LogP contribution in [0.3, 0.4) is 0 Å². The number of carbonyl (C=O) groups excluding carboxylic acids is 1. The summed E-state index contributed by atoms with van der Waals surface area (Å²) >= 11 is 1.48. The molecule has 0 bridgehead atoms. The van der Waals surface area contributed by atoms with Gasteiger partial charge in [-0.2, -0.15) is 5.10 Å². The maximum Gasteiger partial charge on any atom is 0.240 e. The number of benzene rings is 2. The van der Waals surface area contributed by atoms with Crippen molar-refractivity contribution in [3.05, 3.63) is 84.3 Å². The summed E-state index contributed by atoms with van der Waals surface area (Å²) in [6.45, 7) is 0. The van der Waals surface area contributed by atoms with Gasteiger partial charge in [0.05, 0.1) is 11.7 Å². The van der Waals surface area contributed by atoms with Crippen LogP contribution < -0.4 is 5.43 Å². The zero-order valence-electron chi connectivity index (χ0n) is 16.0. The molecule has 7 heteroatoms. The Morgan fingerprint density at radius 2 is 1.97 bits per heavy atom.